The van der Waals surface area contributed by atoms with Crippen molar-refractivity contribution >= 4 is 5.91 Å². The van der Waals surface area contributed by atoms with Crippen LogP contribution in [-0.4, -0.2) is 50.1 Å². The Labute approximate surface area is 115 Å². The average Bonchev–Trinajstić information content (AvgIpc) is 2.49. The second-order valence-electron chi connectivity index (χ2n) is 4.92. The number of carbonyl (C=O) groups is 1. The van der Waals surface area contributed by atoms with Gasteiger partial charge < -0.3 is 15.5 Å². The lowest BCUT2D eigenvalue weighted by Gasteiger charge is -2.27. The summed E-state index contributed by atoms with van der Waals surface area (Å²) in [7, 11) is 0. The van der Waals surface area contributed by atoms with Crippen molar-refractivity contribution in [1.29, 1.82) is 0 Å². The number of hydrogen-bond donors (Lipinski definition) is 2. The molecule has 0 saturated carbocycles. The van der Waals surface area contributed by atoms with E-state index in [1.807, 2.05) is 30.3 Å². The highest BCUT2D eigenvalue weighted by molar-refractivity contribution is 5.94. The van der Waals surface area contributed by atoms with Gasteiger partial charge in [-0.1, -0.05) is 18.2 Å². The van der Waals surface area contributed by atoms with Crippen LogP contribution in [0.5, 0.6) is 0 Å². The first-order valence-electron chi connectivity index (χ1n) is 7.12. The van der Waals surface area contributed by atoms with Gasteiger partial charge >= 0.3 is 0 Å². The van der Waals surface area contributed by atoms with E-state index in [0.717, 1.165) is 57.7 Å². The number of hydrogen-bond acceptors (Lipinski definition) is 3. The highest BCUT2D eigenvalue weighted by Crippen LogP contribution is 1.99. The molecule has 1 aliphatic heterocycles. The monoisotopic (exact) mass is 261 g/mol. The van der Waals surface area contributed by atoms with Gasteiger partial charge in [0.2, 0.25) is 0 Å². The third kappa shape index (κ3) is 5.01. The topological polar surface area (TPSA) is 44.4 Å². The van der Waals surface area contributed by atoms with Crippen LogP contribution in [0.15, 0.2) is 30.3 Å². The molecule has 19 heavy (non-hydrogen) atoms. The zero-order valence-electron chi connectivity index (χ0n) is 11.4. The highest BCUT2D eigenvalue weighted by Gasteiger charge is 2.08. The van der Waals surface area contributed by atoms with Gasteiger partial charge in [0.05, 0.1) is 0 Å². The Morgan fingerprint density at radius 3 is 2.63 bits per heavy atom. The van der Waals surface area contributed by atoms with E-state index in [1.165, 1.54) is 0 Å². The summed E-state index contributed by atoms with van der Waals surface area (Å²) in [5, 5.41) is 6.32. The van der Waals surface area contributed by atoms with Crippen molar-refractivity contribution in [2.45, 2.75) is 12.8 Å². The largest absolute Gasteiger partial charge is 0.352 e. The first-order valence-corrected chi connectivity index (χ1v) is 7.12. The summed E-state index contributed by atoms with van der Waals surface area (Å²) in [6.07, 6.45) is 2.19. The van der Waals surface area contributed by atoms with Crippen molar-refractivity contribution < 1.29 is 4.79 Å². The van der Waals surface area contributed by atoms with Crippen LogP contribution in [-0.2, 0) is 0 Å². The van der Waals surface area contributed by atoms with E-state index < -0.39 is 0 Å². The van der Waals surface area contributed by atoms with Crippen LogP contribution < -0.4 is 10.6 Å². The number of carbonyl (C=O) groups excluding carboxylic acids is 1. The number of rotatable bonds is 6. The predicted molar refractivity (Wildman–Crippen MR) is 77.3 cm³/mol. The number of benzene rings is 1. The van der Waals surface area contributed by atoms with Crippen molar-refractivity contribution in [3.05, 3.63) is 35.9 Å². The molecule has 1 aromatic carbocycles. The number of nitrogens with one attached hydrogen (secondary N) is 2. The number of piperazine rings is 1. The van der Waals surface area contributed by atoms with E-state index in [9.17, 15) is 4.79 Å². The maximum absolute atomic E-state index is 11.8. The molecular weight excluding hydrogens is 238 g/mol. The Morgan fingerprint density at radius 1 is 1.16 bits per heavy atom. The summed E-state index contributed by atoms with van der Waals surface area (Å²) in [6.45, 7) is 6.41. The third-order valence-corrected chi connectivity index (χ3v) is 3.43. The Hall–Kier alpha value is -1.39. The summed E-state index contributed by atoms with van der Waals surface area (Å²) < 4.78 is 0. The molecule has 4 heteroatoms. The lowest BCUT2D eigenvalue weighted by atomic mass is 10.2. The predicted octanol–water partition coefficient (Wildman–Crippen LogP) is 1.10. The summed E-state index contributed by atoms with van der Waals surface area (Å²) in [4.78, 5) is 14.3. The van der Waals surface area contributed by atoms with Crippen molar-refractivity contribution in [3.63, 3.8) is 0 Å². The number of amides is 1. The summed E-state index contributed by atoms with van der Waals surface area (Å²) >= 11 is 0. The molecule has 1 amide bonds. The van der Waals surface area contributed by atoms with Crippen LogP contribution >= 0.6 is 0 Å². The zero-order valence-corrected chi connectivity index (χ0v) is 11.4. The molecule has 1 saturated heterocycles. The molecule has 0 aromatic heterocycles. The van der Waals surface area contributed by atoms with Crippen molar-refractivity contribution in [2.75, 3.05) is 39.3 Å². The first-order chi connectivity index (χ1) is 9.36. The maximum Gasteiger partial charge on any atom is 0.251 e. The molecular formula is C15H23N3O. The van der Waals surface area contributed by atoms with Crippen LogP contribution in [0.1, 0.15) is 23.2 Å². The van der Waals surface area contributed by atoms with Crippen LogP contribution in [0.4, 0.5) is 0 Å². The Morgan fingerprint density at radius 2 is 1.89 bits per heavy atom. The summed E-state index contributed by atoms with van der Waals surface area (Å²) in [6, 6.07) is 9.38. The van der Waals surface area contributed by atoms with Gasteiger partial charge in [-0.2, -0.15) is 0 Å². The van der Waals surface area contributed by atoms with Gasteiger partial charge in [-0.05, 0) is 31.5 Å². The van der Waals surface area contributed by atoms with Crippen LogP contribution in [0.25, 0.3) is 0 Å². The van der Waals surface area contributed by atoms with Gasteiger partial charge in [0.1, 0.15) is 0 Å². The van der Waals surface area contributed by atoms with Crippen molar-refractivity contribution in [1.82, 2.24) is 15.5 Å². The minimum atomic E-state index is 0.0303. The molecule has 4 nitrogen and oxygen atoms in total. The van der Waals surface area contributed by atoms with E-state index >= 15 is 0 Å². The fourth-order valence-corrected chi connectivity index (χ4v) is 2.29. The third-order valence-electron chi connectivity index (χ3n) is 3.43. The summed E-state index contributed by atoms with van der Waals surface area (Å²) in [5.41, 5.74) is 0.740. The Balaban J connectivity index is 1.55. The molecule has 0 spiro atoms. The molecule has 1 aliphatic rings. The smallest absolute Gasteiger partial charge is 0.251 e. The normalized spacial score (nSPS) is 16.2. The van der Waals surface area contributed by atoms with E-state index in [0.29, 0.717) is 0 Å². The average molecular weight is 261 g/mol. The van der Waals surface area contributed by atoms with Gasteiger partial charge in [0.15, 0.2) is 0 Å². The minimum absolute atomic E-state index is 0.0303. The maximum atomic E-state index is 11.8. The molecule has 0 unspecified atom stereocenters. The van der Waals surface area contributed by atoms with Gasteiger partial charge in [0, 0.05) is 38.3 Å². The molecule has 1 heterocycles. The number of unbranched alkanes of at least 4 members (excludes halogenated alkanes) is 1. The first kappa shape index (κ1) is 14.0. The van der Waals surface area contributed by atoms with Gasteiger partial charge in [-0.25, -0.2) is 0 Å². The van der Waals surface area contributed by atoms with Crippen molar-refractivity contribution in [2.24, 2.45) is 0 Å². The van der Waals surface area contributed by atoms with E-state index in [1.54, 1.807) is 0 Å². The quantitative estimate of drug-likeness (QED) is 0.754. The van der Waals surface area contributed by atoms with Crippen LogP contribution in [0, 0.1) is 0 Å². The van der Waals surface area contributed by atoms with Gasteiger partial charge in [0.25, 0.3) is 5.91 Å². The van der Waals surface area contributed by atoms with E-state index in [2.05, 4.69) is 15.5 Å². The molecule has 1 fully saturated rings. The molecule has 0 aliphatic carbocycles. The number of nitrogens with zero attached hydrogens (tertiary/aromatic N) is 1. The second-order valence-corrected chi connectivity index (χ2v) is 4.92. The zero-order chi connectivity index (χ0) is 13.3. The SMILES string of the molecule is O=C(NCCCCN1CCNCC1)c1ccccc1. The molecule has 0 atom stereocenters. The minimum Gasteiger partial charge on any atom is -0.352 e. The van der Waals surface area contributed by atoms with Crippen molar-refractivity contribution in [3.8, 4) is 0 Å². The van der Waals surface area contributed by atoms with E-state index in [4.69, 9.17) is 0 Å². The molecule has 1 aromatic rings. The fraction of sp³-hybridized carbons (Fsp3) is 0.533. The second kappa shape index (κ2) is 7.92. The van der Waals surface area contributed by atoms with Gasteiger partial charge in [-0.3, -0.25) is 4.79 Å². The highest BCUT2D eigenvalue weighted by atomic mass is 16.1. The van der Waals surface area contributed by atoms with Gasteiger partial charge in [-0.15, -0.1) is 0 Å². The fourth-order valence-electron chi connectivity index (χ4n) is 2.29. The Kier molecular flexibility index (Phi) is 5.85. The van der Waals surface area contributed by atoms with E-state index in [-0.39, 0.29) is 5.91 Å². The van der Waals surface area contributed by atoms with Crippen LogP contribution in [0.2, 0.25) is 0 Å². The molecule has 0 radical (unpaired) electrons. The molecule has 2 N–H and O–H groups in total. The lowest BCUT2D eigenvalue weighted by molar-refractivity contribution is 0.0952. The summed E-state index contributed by atoms with van der Waals surface area (Å²) in [5.74, 6) is 0.0303. The molecule has 0 bridgehead atoms. The van der Waals surface area contributed by atoms with Crippen LogP contribution in [0.3, 0.4) is 0 Å². The molecule has 2 rings (SSSR count). The lowest BCUT2D eigenvalue weighted by Crippen LogP contribution is -2.43. The standard InChI is InChI=1S/C15H23N3O/c19-15(14-6-2-1-3-7-14)17-8-4-5-11-18-12-9-16-10-13-18/h1-3,6-7,16H,4-5,8-13H2,(H,17,19). The molecule has 104 valence electrons. The Bertz CT molecular complexity index is 374.